The van der Waals surface area contributed by atoms with Crippen molar-refractivity contribution in [3.8, 4) is 11.3 Å². The monoisotopic (exact) mass is 272 g/mol. The molecule has 0 unspecified atom stereocenters. The second-order valence-corrected chi connectivity index (χ2v) is 4.16. The second kappa shape index (κ2) is 7.30. The highest BCUT2D eigenvalue weighted by Crippen LogP contribution is 2.14. The number of pyridine rings is 1. The molecule has 0 saturated carbocycles. The van der Waals surface area contributed by atoms with E-state index in [9.17, 15) is 4.79 Å². The van der Waals surface area contributed by atoms with E-state index in [1.807, 2.05) is 0 Å². The third-order valence-corrected chi connectivity index (χ3v) is 2.69. The van der Waals surface area contributed by atoms with E-state index < -0.39 is 0 Å². The van der Waals surface area contributed by atoms with Crippen LogP contribution in [0.2, 0.25) is 0 Å². The molecule has 0 saturated heterocycles. The minimum Gasteiger partial charge on any atom is -0.385 e. The van der Waals surface area contributed by atoms with Gasteiger partial charge in [0.1, 0.15) is 6.33 Å². The van der Waals surface area contributed by atoms with E-state index in [0.29, 0.717) is 18.7 Å². The maximum Gasteiger partial charge on any atom is 0.252 e. The Morgan fingerprint density at radius 3 is 2.70 bits per heavy atom. The molecule has 0 spiro atoms. The van der Waals surface area contributed by atoms with Crippen LogP contribution in [0.15, 0.2) is 37.1 Å². The number of rotatable bonds is 6. The summed E-state index contributed by atoms with van der Waals surface area (Å²) in [5, 5.41) is 2.81. The van der Waals surface area contributed by atoms with Gasteiger partial charge in [-0.1, -0.05) is 0 Å². The van der Waals surface area contributed by atoms with E-state index >= 15 is 0 Å². The van der Waals surface area contributed by atoms with Crippen molar-refractivity contribution in [2.45, 2.75) is 6.42 Å². The molecule has 20 heavy (non-hydrogen) atoms. The van der Waals surface area contributed by atoms with E-state index in [1.165, 1.54) is 6.33 Å². The fourth-order valence-corrected chi connectivity index (χ4v) is 1.65. The van der Waals surface area contributed by atoms with E-state index in [0.717, 1.165) is 17.7 Å². The zero-order valence-electron chi connectivity index (χ0n) is 11.2. The molecule has 6 heteroatoms. The average molecular weight is 272 g/mol. The molecular formula is C14H16N4O2. The molecule has 0 aliphatic heterocycles. The topological polar surface area (TPSA) is 77.0 Å². The van der Waals surface area contributed by atoms with E-state index in [1.54, 1.807) is 37.8 Å². The summed E-state index contributed by atoms with van der Waals surface area (Å²) in [6.07, 6.45) is 7.16. The van der Waals surface area contributed by atoms with Gasteiger partial charge in [0.05, 0.1) is 11.3 Å². The lowest BCUT2D eigenvalue weighted by atomic mass is 10.2. The number of nitrogens with one attached hydrogen (secondary N) is 1. The molecule has 0 radical (unpaired) electrons. The highest BCUT2D eigenvalue weighted by atomic mass is 16.5. The minimum atomic E-state index is -0.135. The van der Waals surface area contributed by atoms with Crippen molar-refractivity contribution in [1.29, 1.82) is 0 Å². The van der Waals surface area contributed by atoms with Crippen LogP contribution in [0.5, 0.6) is 0 Å². The fourth-order valence-electron chi connectivity index (χ4n) is 1.65. The molecule has 0 aliphatic carbocycles. The van der Waals surface area contributed by atoms with Gasteiger partial charge in [0.2, 0.25) is 0 Å². The standard InChI is InChI=1S/C14H16N4O2/c1-20-6-2-5-17-14(19)11-3-4-13(18-9-11)12-7-15-10-16-8-12/h3-4,7-10H,2,5-6H2,1H3,(H,17,19). The molecule has 104 valence electrons. The summed E-state index contributed by atoms with van der Waals surface area (Å²) >= 11 is 0. The van der Waals surface area contributed by atoms with Gasteiger partial charge in [-0.3, -0.25) is 9.78 Å². The van der Waals surface area contributed by atoms with Crippen LogP contribution in [0.4, 0.5) is 0 Å². The lowest BCUT2D eigenvalue weighted by molar-refractivity contribution is 0.0948. The van der Waals surface area contributed by atoms with Crippen LogP contribution in [-0.4, -0.2) is 41.1 Å². The smallest absolute Gasteiger partial charge is 0.252 e. The number of aromatic nitrogens is 3. The fraction of sp³-hybridized carbons (Fsp3) is 0.286. The molecule has 0 atom stereocenters. The number of hydrogen-bond donors (Lipinski definition) is 1. The molecule has 0 bridgehead atoms. The highest BCUT2D eigenvalue weighted by molar-refractivity contribution is 5.94. The van der Waals surface area contributed by atoms with Crippen LogP contribution < -0.4 is 5.32 Å². The first-order valence-corrected chi connectivity index (χ1v) is 6.30. The molecule has 2 aromatic rings. The minimum absolute atomic E-state index is 0.135. The summed E-state index contributed by atoms with van der Waals surface area (Å²) in [5.74, 6) is -0.135. The molecule has 1 N–H and O–H groups in total. The molecule has 2 heterocycles. The molecule has 6 nitrogen and oxygen atoms in total. The van der Waals surface area contributed by atoms with Crippen LogP contribution in [0.3, 0.4) is 0 Å². The zero-order chi connectivity index (χ0) is 14.2. The Hall–Kier alpha value is -2.34. The Labute approximate surface area is 117 Å². The summed E-state index contributed by atoms with van der Waals surface area (Å²) in [6, 6.07) is 3.52. The molecular weight excluding hydrogens is 256 g/mol. The van der Waals surface area contributed by atoms with Crippen molar-refractivity contribution in [3.63, 3.8) is 0 Å². The van der Waals surface area contributed by atoms with Crippen molar-refractivity contribution < 1.29 is 9.53 Å². The molecule has 0 aromatic carbocycles. The van der Waals surface area contributed by atoms with E-state index in [-0.39, 0.29) is 5.91 Å². The largest absolute Gasteiger partial charge is 0.385 e. The summed E-state index contributed by atoms with van der Waals surface area (Å²) in [5.41, 5.74) is 2.09. The maximum atomic E-state index is 11.8. The van der Waals surface area contributed by atoms with Crippen molar-refractivity contribution in [2.75, 3.05) is 20.3 Å². The van der Waals surface area contributed by atoms with Gasteiger partial charge in [-0.25, -0.2) is 9.97 Å². The Kier molecular flexibility index (Phi) is 5.14. The first-order valence-electron chi connectivity index (χ1n) is 6.30. The maximum absolute atomic E-state index is 11.8. The SMILES string of the molecule is COCCCNC(=O)c1ccc(-c2cncnc2)nc1. The molecule has 0 fully saturated rings. The number of nitrogens with zero attached hydrogens (tertiary/aromatic N) is 3. The summed E-state index contributed by atoms with van der Waals surface area (Å²) in [4.78, 5) is 24.0. The Morgan fingerprint density at radius 1 is 1.25 bits per heavy atom. The zero-order valence-corrected chi connectivity index (χ0v) is 11.2. The Morgan fingerprint density at radius 2 is 2.05 bits per heavy atom. The van der Waals surface area contributed by atoms with Gasteiger partial charge < -0.3 is 10.1 Å². The number of carbonyl (C=O) groups is 1. The lowest BCUT2D eigenvalue weighted by Crippen LogP contribution is -2.25. The van der Waals surface area contributed by atoms with E-state index in [2.05, 4.69) is 20.3 Å². The first kappa shape index (κ1) is 14.1. The van der Waals surface area contributed by atoms with Crippen LogP contribution >= 0.6 is 0 Å². The lowest BCUT2D eigenvalue weighted by Gasteiger charge is -2.05. The van der Waals surface area contributed by atoms with Gasteiger partial charge in [0, 0.05) is 44.4 Å². The second-order valence-electron chi connectivity index (χ2n) is 4.16. The van der Waals surface area contributed by atoms with Gasteiger partial charge in [-0.2, -0.15) is 0 Å². The average Bonchev–Trinajstić information content (AvgIpc) is 2.52. The number of methoxy groups -OCH3 is 1. The van der Waals surface area contributed by atoms with Crippen molar-refractivity contribution in [2.24, 2.45) is 0 Å². The summed E-state index contributed by atoms with van der Waals surface area (Å²) < 4.78 is 4.92. The van der Waals surface area contributed by atoms with Gasteiger partial charge in [-0.05, 0) is 18.6 Å². The van der Waals surface area contributed by atoms with Crippen LogP contribution in [0.1, 0.15) is 16.8 Å². The summed E-state index contributed by atoms with van der Waals surface area (Å²) in [6.45, 7) is 1.21. The summed E-state index contributed by atoms with van der Waals surface area (Å²) in [7, 11) is 1.64. The highest BCUT2D eigenvalue weighted by Gasteiger charge is 2.06. The Bertz CT molecular complexity index is 543. The molecule has 0 aliphatic rings. The van der Waals surface area contributed by atoms with Crippen molar-refractivity contribution >= 4 is 5.91 Å². The first-order chi connectivity index (χ1) is 9.81. The van der Waals surface area contributed by atoms with Crippen LogP contribution in [0, 0.1) is 0 Å². The van der Waals surface area contributed by atoms with Gasteiger partial charge >= 0.3 is 0 Å². The molecule has 2 rings (SSSR count). The number of hydrogen-bond acceptors (Lipinski definition) is 5. The quantitative estimate of drug-likeness (QED) is 0.802. The van der Waals surface area contributed by atoms with Crippen molar-refractivity contribution in [3.05, 3.63) is 42.6 Å². The van der Waals surface area contributed by atoms with Crippen LogP contribution in [0.25, 0.3) is 11.3 Å². The van der Waals surface area contributed by atoms with E-state index in [4.69, 9.17) is 4.74 Å². The van der Waals surface area contributed by atoms with Crippen molar-refractivity contribution in [1.82, 2.24) is 20.3 Å². The third kappa shape index (κ3) is 3.83. The number of ether oxygens (including phenoxy) is 1. The van der Waals surface area contributed by atoms with Gasteiger partial charge in [0.15, 0.2) is 0 Å². The molecule has 1 amide bonds. The number of carbonyl (C=O) groups excluding carboxylic acids is 1. The molecule has 2 aromatic heterocycles. The third-order valence-electron chi connectivity index (χ3n) is 2.69. The predicted molar refractivity (Wildman–Crippen MR) is 74.1 cm³/mol. The van der Waals surface area contributed by atoms with Gasteiger partial charge in [-0.15, -0.1) is 0 Å². The van der Waals surface area contributed by atoms with Gasteiger partial charge in [0.25, 0.3) is 5.91 Å². The number of amides is 1. The Balaban J connectivity index is 1.96. The van der Waals surface area contributed by atoms with Crippen LogP contribution in [-0.2, 0) is 4.74 Å². The predicted octanol–water partition coefficient (Wildman–Crippen LogP) is 1.30. The normalized spacial score (nSPS) is 10.2.